The Hall–Kier alpha value is -2.88. The lowest BCUT2D eigenvalue weighted by Crippen LogP contribution is -2.46. The first-order chi connectivity index (χ1) is 15.3. The van der Waals surface area contributed by atoms with Gasteiger partial charge in [-0.2, -0.15) is 5.10 Å². The van der Waals surface area contributed by atoms with Gasteiger partial charge in [-0.15, -0.1) is 0 Å². The predicted octanol–water partition coefficient (Wildman–Crippen LogP) is 2.05. The monoisotopic (exact) mass is 462 g/mol. The molecule has 0 bridgehead atoms. The number of nitrogens with zero attached hydrogens (tertiary/aromatic N) is 3. The highest BCUT2D eigenvalue weighted by Crippen LogP contribution is 2.28. The zero-order chi connectivity index (χ0) is 23.3. The number of hydrogen-bond donors (Lipinski definition) is 3. The number of rotatable bonds is 10. The van der Waals surface area contributed by atoms with Crippen LogP contribution < -0.4 is 10.1 Å². The maximum absolute atomic E-state index is 13.1. The van der Waals surface area contributed by atoms with Crippen molar-refractivity contribution >= 4 is 29.2 Å². The van der Waals surface area contributed by atoms with Gasteiger partial charge in [-0.1, -0.05) is 37.6 Å². The van der Waals surface area contributed by atoms with Crippen molar-refractivity contribution in [2.24, 2.45) is 5.92 Å². The number of ether oxygens (including phenoxy) is 1. The summed E-state index contributed by atoms with van der Waals surface area (Å²) >= 11 is 6.14. The second-order valence-electron chi connectivity index (χ2n) is 8.00. The Morgan fingerprint density at radius 2 is 2.06 bits per heavy atom. The number of aromatic nitrogens is 2. The van der Waals surface area contributed by atoms with Crippen molar-refractivity contribution in [2.45, 2.75) is 39.0 Å². The molecule has 1 aliphatic rings. The van der Waals surface area contributed by atoms with Crippen molar-refractivity contribution in [1.29, 1.82) is 0 Å². The van der Waals surface area contributed by atoms with Crippen LogP contribution in [-0.4, -0.2) is 62.0 Å². The minimum absolute atomic E-state index is 0.0963. The third-order valence-electron chi connectivity index (χ3n) is 4.85. The highest BCUT2D eigenvalue weighted by Gasteiger charge is 2.35. The second kappa shape index (κ2) is 10.6. The molecule has 0 saturated carbocycles. The Labute approximate surface area is 191 Å². The zero-order valence-electron chi connectivity index (χ0n) is 17.9. The van der Waals surface area contributed by atoms with Gasteiger partial charge in [-0.3, -0.25) is 14.3 Å². The van der Waals surface area contributed by atoms with Crippen LogP contribution in [0.5, 0.6) is 5.75 Å². The maximum Gasteiger partial charge on any atom is 0.251 e. The van der Waals surface area contributed by atoms with Crippen LogP contribution in [0.15, 0.2) is 48.4 Å². The Morgan fingerprint density at radius 1 is 1.31 bits per heavy atom. The molecule has 1 aliphatic heterocycles. The maximum atomic E-state index is 13.1. The molecule has 3 rings (SSSR count). The number of aliphatic hydroxyl groups is 2. The molecule has 172 valence electrons. The van der Waals surface area contributed by atoms with Gasteiger partial charge in [0, 0.05) is 18.3 Å². The van der Waals surface area contributed by atoms with E-state index < -0.39 is 12.1 Å². The average Bonchev–Trinajstić information content (AvgIpc) is 3.33. The minimum atomic E-state index is -0.947. The summed E-state index contributed by atoms with van der Waals surface area (Å²) in [5.74, 6) is 0.615. The molecule has 0 aliphatic carbocycles. The van der Waals surface area contributed by atoms with E-state index in [0.29, 0.717) is 28.8 Å². The third-order valence-corrected chi connectivity index (χ3v) is 5.16. The molecule has 0 unspecified atom stereocenters. The lowest BCUT2D eigenvalue weighted by Gasteiger charge is -2.28. The molecular weight excluding hydrogens is 436 g/mol. The topological polar surface area (TPSA) is 117 Å². The summed E-state index contributed by atoms with van der Waals surface area (Å²) in [5.41, 5.74) is 0. The van der Waals surface area contributed by atoms with Crippen molar-refractivity contribution in [3.05, 3.63) is 53.4 Å². The van der Waals surface area contributed by atoms with Crippen LogP contribution >= 0.6 is 11.6 Å². The number of carbonyl (C=O) groups excluding carboxylic acids is 2. The Kier molecular flexibility index (Phi) is 7.89. The molecule has 0 spiro atoms. The van der Waals surface area contributed by atoms with Crippen LogP contribution in [0, 0.1) is 5.92 Å². The lowest BCUT2D eigenvalue weighted by atomic mass is 10.0. The Bertz CT molecular complexity index is 990. The summed E-state index contributed by atoms with van der Waals surface area (Å²) in [6, 6.07) is 7.83. The fraction of sp³-hybridized carbons (Fsp3) is 0.409. The molecule has 2 aromatic rings. The lowest BCUT2D eigenvalue weighted by molar-refractivity contribution is -0.133. The summed E-state index contributed by atoms with van der Waals surface area (Å²) in [4.78, 5) is 27.2. The molecule has 32 heavy (non-hydrogen) atoms. The van der Waals surface area contributed by atoms with Crippen molar-refractivity contribution in [1.82, 2.24) is 14.7 Å². The Balaban J connectivity index is 1.69. The average molecular weight is 463 g/mol. The van der Waals surface area contributed by atoms with E-state index in [2.05, 4.69) is 10.4 Å². The third kappa shape index (κ3) is 6.09. The van der Waals surface area contributed by atoms with E-state index in [1.54, 1.807) is 36.5 Å². The second-order valence-corrected chi connectivity index (χ2v) is 8.41. The molecule has 1 aromatic carbocycles. The summed E-state index contributed by atoms with van der Waals surface area (Å²) in [5, 5.41) is 25.9. The van der Waals surface area contributed by atoms with E-state index >= 15 is 0 Å². The van der Waals surface area contributed by atoms with E-state index in [-0.39, 0.29) is 37.4 Å². The SMILES string of the molecule is CC(C)C[C@H](C(=O)Nc1ccn(C[C@H](O)CO)n1)N1CC(Oc2ccccc2Cl)=CC1=O. The number of anilines is 1. The first kappa shape index (κ1) is 23.8. The highest BCUT2D eigenvalue weighted by atomic mass is 35.5. The van der Waals surface area contributed by atoms with Gasteiger partial charge in [0.1, 0.15) is 17.6 Å². The van der Waals surface area contributed by atoms with Gasteiger partial charge in [-0.25, -0.2) is 0 Å². The van der Waals surface area contributed by atoms with E-state index in [9.17, 15) is 14.7 Å². The number of aliphatic hydroxyl groups excluding tert-OH is 2. The number of nitrogens with one attached hydrogen (secondary N) is 1. The van der Waals surface area contributed by atoms with E-state index in [1.165, 1.54) is 15.7 Å². The van der Waals surface area contributed by atoms with Gasteiger partial charge in [0.15, 0.2) is 5.82 Å². The van der Waals surface area contributed by atoms with Gasteiger partial charge in [0.2, 0.25) is 5.91 Å². The van der Waals surface area contributed by atoms with Crippen molar-refractivity contribution < 1.29 is 24.5 Å². The first-order valence-corrected chi connectivity index (χ1v) is 10.7. The Morgan fingerprint density at radius 3 is 2.75 bits per heavy atom. The fourth-order valence-corrected chi connectivity index (χ4v) is 3.52. The number of carbonyl (C=O) groups is 2. The summed E-state index contributed by atoms with van der Waals surface area (Å²) < 4.78 is 7.21. The van der Waals surface area contributed by atoms with Gasteiger partial charge in [-0.05, 0) is 24.5 Å². The molecule has 10 heteroatoms. The summed E-state index contributed by atoms with van der Waals surface area (Å²) in [6.07, 6.45) is 2.46. The molecule has 0 saturated heterocycles. The number of benzene rings is 1. The number of hydrogen-bond acceptors (Lipinski definition) is 6. The summed E-state index contributed by atoms with van der Waals surface area (Å²) in [7, 11) is 0. The largest absolute Gasteiger partial charge is 0.458 e. The molecule has 1 aromatic heterocycles. The van der Waals surface area contributed by atoms with Crippen LogP contribution in [0.25, 0.3) is 0 Å². The molecular formula is C22H27ClN4O5. The van der Waals surface area contributed by atoms with Crippen molar-refractivity contribution in [2.75, 3.05) is 18.5 Å². The summed E-state index contributed by atoms with van der Waals surface area (Å²) in [6.45, 7) is 3.80. The molecule has 2 atom stereocenters. The van der Waals surface area contributed by atoms with Gasteiger partial charge < -0.3 is 25.2 Å². The fourth-order valence-electron chi connectivity index (χ4n) is 3.34. The van der Waals surface area contributed by atoms with Crippen LogP contribution in [0.1, 0.15) is 20.3 Å². The molecule has 0 radical (unpaired) electrons. The molecule has 0 fully saturated rings. The molecule has 2 heterocycles. The number of halogens is 1. The highest BCUT2D eigenvalue weighted by molar-refractivity contribution is 6.32. The normalized spacial score (nSPS) is 15.6. The van der Waals surface area contributed by atoms with Crippen LogP contribution in [0.4, 0.5) is 5.82 Å². The zero-order valence-corrected chi connectivity index (χ0v) is 18.7. The van der Waals surface area contributed by atoms with Crippen LogP contribution in [0.2, 0.25) is 5.02 Å². The van der Waals surface area contributed by atoms with Gasteiger partial charge >= 0.3 is 0 Å². The number of amides is 2. The standard InChI is InChI=1S/C22H27ClN4O5/c1-14(2)9-18(22(31)24-20-7-8-26(25-20)11-15(29)13-28)27-12-16(10-21(27)30)32-19-6-4-3-5-17(19)23/h3-8,10,14-15,18,28-29H,9,11-13H2,1-2H3,(H,24,25,31)/t15-,18+/m0/s1. The van der Waals surface area contributed by atoms with Gasteiger partial charge in [0.05, 0.1) is 30.8 Å². The quantitative estimate of drug-likeness (QED) is 0.497. The molecule has 2 amide bonds. The van der Waals surface area contributed by atoms with Crippen LogP contribution in [0.3, 0.4) is 0 Å². The van der Waals surface area contributed by atoms with E-state index in [4.69, 9.17) is 21.4 Å². The van der Waals surface area contributed by atoms with Crippen LogP contribution in [-0.2, 0) is 16.1 Å². The predicted molar refractivity (Wildman–Crippen MR) is 119 cm³/mol. The van der Waals surface area contributed by atoms with E-state index in [0.717, 1.165) is 0 Å². The molecule has 3 N–H and O–H groups in total. The van der Waals surface area contributed by atoms with Crippen molar-refractivity contribution in [3.8, 4) is 5.75 Å². The van der Waals surface area contributed by atoms with Crippen molar-refractivity contribution in [3.63, 3.8) is 0 Å². The first-order valence-electron chi connectivity index (χ1n) is 10.3. The minimum Gasteiger partial charge on any atom is -0.458 e. The van der Waals surface area contributed by atoms with Gasteiger partial charge in [0.25, 0.3) is 5.91 Å². The smallest absolute Gasteiger partial charge is 0.251 e. The van der Waals surface area contributed by atoms with E-state index in [1.807, 2.05) is 13.8 Å². The number of para-hydroxylation sites is 1. The molecule has 9 nitrogen and oxygen atoms in total.